The third kappa shape index (κ3) is 4.64. The van der Waals surface area contributed by atoms with Gasteiger partial charge in [0.1, 0.15) is 5.75 Å². The number of nitrogens with one attached hydrogen (secondary N) is 1. The van der Waals surface area contributed by atoms with Gasteiger partial charge >= 0.3 is 6.03 Å². The Morgan fingerprint density at radius 3 is 2.52 bits per heavy atom. The van der Waals surface area contributed by atoms with Crippen LogP contribution < -0.4 is 10.1 Å². The van der Waals surface area contributed by atoms with Crippen molar-refractivity contribution in [3.05, 3.63) is 29.8 Å². The van der Waals surface area contributed by atoms with Crippen molar-refractivity contribution in [2.75, 3.05) is 47.0 Å². The molecule has 1 aromatic rings. The molecule has 1 N–H and O–H groups in total. The molecule has 6 nitrogen and oxygen atoms in total. The summed E-state index contributed by atoms with van der Waals surface area (Å²) in [5.74, 6) is 1.45. The first-order valence-corrected chi connectivity index (χ1v) is 9.09. The fourth-order valence-electron chi connectivity index (χ4n) is 3.78. The third-order valence-corrected chi connectivity index (χ3v) is 5.35. The van der Waals surface area contributed by atoms with Gasteiger partial charge in [0, 0.05) is 32.8 Å². The van der Waals surface area contributed by atoms with E-state index in [1.54, 1.807) is 14.2 Å². The largest absolute Gasteiger partial charge is 0.497 e. The van der Waals surface area contributed by atoms with E-state index in [2.05, 4.69) is 10.2 Å². The Bertz CT molecular complexity index is 556. The molecular weight excluding hydrogens is 318 g/mol. The second-order valence-electron chi connectivity index (χ2n) is 6.96. The number of rotatable bonds is 7. The summed E-state index contributed by atoms with van der Waals surface area (Å²) < 4.78 is 10.4. The van der Waals surface area contributed by atoms with Crippen LogP contribution in [0.2, 0.25) is 0 Å². The van der Waals surface area contributed by atoms with E-state index in [1.165, 1.54) is 25.9 Å². The second-order valence-corrected chi connectivity index (χ2v) is 6.96. The maximum absolute atomic E-state index is 12.8. The summed E-state index contributed by atoms with van der Waals surface area (Å²) in [6.45, 7) is 5.02. The van der Waals surface area contributed by atoms with Gasteiger partial charge in [0.2, 0.25) is 0 Å². The molecule has 4 rings (SSSR count). The number of fused-ring (bicyclic) bond motifs is 3. The Morgan fingerprint density at radius 1 is 1.24 bits per heavy atom. The number of carbonyl (C=O) groups is 1. The van der Waals surface area contributed by atoms with Crippen LogP contribution in [-0.4, -0.2) is 68.9 Å². The lowest BCUT2D eigenvalue weighted by Crippen LogP contribution is -2.59. The van der Waals surface area contributed by atoms with E-state index in [9.17, 15) is 4.79 Å². The van der Waals surface area contributed by atoms with Gasteiger partial charge in [-0.15, -0.1) is 0 Å². The molecule has 3 heterocycles. The maximum atomic E-state index is 12.8. The topological polar surface area (TPSA) is 54.0 Å². The van der Waals surface area contributed by atoms with E-state index < -0.39 is 0 Å². The summed E-state index contributed by atoms with van der Waals surface area (Å²) in [5.41, 5.74) is 1.08. The van der Waals surface area contributed by atoms with Gasteiger partial charge in [0.25, 0.3) is 0 Å². The number of amides is 2. The standard InChI is InChI=1S/C19H29N3O3/c1-24-12-11-22(13-15-3-5-17(25-2)6-4-15)19(23)20-18-14-21-9-7-16(18)8-10-21/h3-6,16,18H,7-14H2,1-2H3,(H,20,23). The van der Waals surface area contributed by atoms with Gasteiger partial charge in [-0.25, -0.2) is 4.79 Å². The monoisotopic (exact) mass is 347 g/mol. The molecule has 0 saturated carbocycles. The summed E-state index contributed by atoms with van der Waals surface area (Å²) in [6.07, 6.45) is 2.39. The number of methoxy groups -OCH3 is 2. The molecular formula is C19H29N3O3. The van der Waals surface area contributed by atoms with Crippen molar-refractivity contribution in [2.45, 2.75) is 25.4 Å². The number of hydrogen-bond donors (Lipinski definition) is 1. The predicted octanol–water partition coefficient (Wildman–Crippen LogP) is 1.95. The zero-order chi connectivity index (χ0) is 17.6. The summed E-state index contributed by atoms with van der Waals surface area (Å²) >= 11 is 0. The molecule has 0 aliphatic carbocycles. The van der Waals surface area contributed by atoms with Crippen molar-refractivity contribution in [2.24, 2.45) is 5.92 Å². The van der Waals surface area contributed by atoms with E-state index in [0.29, 0.717) is 25.6 Å². The molecule has 3 aliphatic heterocycles. The van der Waals surface area contributed by atoms with Crippen LogP contribution in [0, 0.1) is 5.92 Å². The fraction of sp³-hybridized carbons (Fsp3) is 0.632. The first-order valence-electron chi connectivity index (χ1n) is 9.09. The fourth-order valence-corrected chi connectivity index (χ4v) is 3.78. The lowest BCUT2D eigenvalue weighted by molar-refractivity contribution is 0.0711. The zero-order valence-electron chi connectivity index (χ0n) is 15.2. The molecule has 1 unspecified atom stereocenters. The van der Waals surface area contributed by atoms with Gasteiger partial charge in [0.15, 0.2) is 0 Å². The van der Waals surface area contributed by atoms with Crippen molar-refractivity contribution in [1.82, 2.24) is 15.1 Å². The lowest BCUT2D eigenvalue weighted by atomic mass is 9.84. The average Bonchev–Trinajstić information content (AvgIpc) is 2.66. The highest BCUT2D eigenvalue weighted by molar-refractivity contribution is 5.74. The molecule has 3 fully saturated rings. The van der Waals surface area contributed by atoms with Crippen LogP contribution in [0.4, 0.5) is 4.79 Å². The molecule has 3 aliphatic rings. The van der Waals surface area contributed by atoms with Crippen LogP contribution in [0.15, 0.2) is 24.3 Å². The molecule has 0 aromatic heterocycles. The number of nitrogens with zero attached hydrogens (tertiary/aromatic N) is 2. The van der Waals surface area contributed by atoms with Gasteiger partial charge in [0.05, 0.1) is 13.7 Å². The number of carbonyl (C=O) groups excluding carboxylic acids is 1. The quantitative estimate of drug-likeness (QED) is 0.819. The Morgan fingerprint density at radius 2 is 1.96 bits per heavy atom. The Hall–Kier alpha value is -1.79. The summed E-state index contributed by atoms with van der Waals surface area (Å²) in [4.78, 5) is 17.1. The number of benzene rings is 1. The van der Waals surface area contributed by atoms with E-state index >= 15 is 0 Å². The number of ether oxygens (including phenoxy) is 2. The molecule has 2 bridgehead atoms. The summed E-state index contributed by atoms with van der Waals surface area (Å²) in [7, 11) is 3.32. The minimum Gasteiger partial charge on any atom is -0.497 e. The first-order chi connectivity index (χ1) is 12.2. The molecule has 0 spiro atoms. The molecule has 2 amide bonds. The molecule has 138 valence electrons. The first kappa shape index (κ1) is 18.0. The SMILES string of the molecule is COCCN(Cc1ccc(OC)cc1)C(=O)NC1CN2CCC1CC2. The second kappa shape index (κ2) is 8.54. The normalized spacial score (nSPS) is 24.8. The van der Waals surface area contributed by atoms with E-state index in [0.717, 1.165) is 17.9 Å². The van der Waals surface area contributed by atoms with Gasteiger partial charge < -0.3 is 24.6 Å². The highest BCUT2D eigenvalue weighted by Crippen LogP contribution is 2.27. The lowest BCUT2D eigenvalue weighted by Gasteiger charge is -2.45. The highest BCUT2D eigenvalue weighted by atomic mass is 16.5. The van der Waals surface area contributed by atoms with Crippen molar-refractivity contribution in [3.63, 3.8) is 0 Å². The van der Waals surface area contributed by atoms with Crippen molar-refractivity contribution < 1.29 is 14.3 Å². The highest BCUT2D eigenvalue weighted by Gasteiger charge is 2.35. The molecule has 1 atom stereocenters. The number of piperidine rings is 3. The van der Waals surface area contributed by atoms with Crippen molar-refractivity contribution >= 4 is 6.03 Å². The summed E-state index contributed by atoms with van der Waals surface area (Å²) in [5, 5.41) is 3.27. The number of urea groups is 1. The maximum Gasteiger partial charge on any atom is 0.318 e. The van der Waals surface area contributed by atoms with E-state index in [4.69, 9.17) is 9.47 Å². The Kier molecular flexibility index (Phi) is 6.15. The minimum atomic E-state index is 0.00613. The van der Waals surface area contributed by atoms with Crippen molar-refractivity contribution in [1.29, 1.82) is 0 Å². The Labute approximate surface area is 150 Å². The van der Waals surface area contributed by atoms with E-state index in [-0.39, 0.29) is 12.1 Å². The zero-order valence-corrected chi connectivity index (χ0v) is 15.2. The average molecular weight is 347 g/mol. The van der Waals surface area contributed by atoms with Crippen LogP contribution in [0.1, 0.15) is 18.4 Å². The van der Waals surface area contributed by atoms with Crippen molar-refractivity contribution in [3.8, 4) is 5.75 Å². The number of hydrogen-bond acceptors (Lipinski definition) is 4. The van der Waals surface area contributed by atoms with Crippen LogP contribution >= 0.6 is 0 Å². The van der Waals surface area contributed by atoms with Gasteiger partial charge in [-0.1, -0.05) is 12.1 Å². The molecule has 6 heteroatoms. The van der Waals surface area contributed by atoms with Crippen LogP contribution in [0.25, 0.3) is 0 Å². The Balaban J connectivity index is 1.61. The molecule has 25 heavy (non-hydrogen) atoms. The third-order valence-electron chi connectivity index (χ3n) is 5.35. The van der Waals surface area contributed by atoms with Gasteiger partial charge in [-0.05, 0) is 49.5 Å². The summed E-state index contributed by atoms with van der Waals surface area (Å²) in [6, 6.07) is 8.13. The minimum absolute atomic E-state index is 0.00613. The van der Waals surface area contributed by atoms with E-state index in [1.807, 2.05) is 29.2 Å². The van der Waals surface area contributed by atoms with Crippen LogP contribution in [-0.2, 0) is 11.3 Å². The van der Waals surface area contributed by atoms with Crippen LogP contribution in [0.3, 0.4) is 0 Å². The van der Waals surface area contributed by atoms with Gasteiger partial charge in [-0.2, -0.15) is 0 Å². The van der Waals surface area contributed by atoms with Gasteiger partial charge in [-0.3, -0.25) is 0 Å². The van der Waals surface area contributed by atoms with Crippen LogP contribution in [0.5, 0.6) is 5.75 Å². The molecule has 3 saturated heterocycles. The molecule has 1 aromatic carbocycles. The predicted molar refractivity (Wildman–Crippen MR) is 96.8 cm³/mol. The molecule has 0 radical (unpaired) electrons. The smallest absolute Gasteiger partial charge is 0.318 e.